The largest absolute Gasteiger partial charge is 0.508 e. The van der Waals surface area contributed by atoms with Gasteiger partial charge in [0.05, 0.1) is 48.1 Å². The van der Waals surface area contributed by atoms with Crippen LogP contribution in [0.25, 0.3) is 0 Å². The number of benzene rings is 3. The molecule has 7 rings (SSSR count). The molecular weight excluding hydrogens is 713 g/mol. The number of carbonyl (C=O) groups excluding carboxylic acids is 4. The fourth-order valence-electron chi connectivity index (χ4n) is 8.76. The lowest BCUT2D eigenvalue weighted by Crippen LogP contribution is -2.53. The molecule has 2 saturated heterocycles. The number of aliphatic carboxylic acids is 1. The Labute approximate surface area is 308 Å². The van der Waals surface area contributed by atoms with Crippen molar-refractivity contribution < 1.29 is 43.7 Å². The number of aromatic hydroxyl groups is 1. The number of amides is 4. The molecule has 12 nitrogen and oxygen atoms in total. The molecule has 0 bridgehead atoms. The van der Waals surface area contributed by atoms with Crippen molar-refractivity contribution in [2.75, 3.05) is 26.2 Å². The van der Waals surface area contributed by atoms with Gasteiger partial charge >= 0.3 is 5.97 Å². The van der Waals surface area contributed by atoms with Crippen LogP contribution in [0, 0.1) is 23.7 Å². The Bertz CT molecular complexity index is 2040. The van der Waals surface area contributed by atoms with Gasteiger partial charge in [0.15, 0.2) is 0 Å². The highest BCUT2D eigenvalue weighted by atomic mass is 35.5. The van der Waals surface area contributed by atoms with Crippen molar-refractivity contribution in [1.82, 2.24) is 9.91 Å². The zero-order valence-corrected chi connectivity index (χ0v) is 29.7. The number of halogens is 2. The molecule has 2 heterocycles. The minimum absolute atomic E-state index is 0.0333. The minimum atomic E-state index is -1.65. The molecule has 0 unspecified atom stereocenters. The fourth-order valence-corrected chi connectivity index (χ4v) is 9.21. The number of hydrogen-bond donors (Lipinski definition) is 3. The Balaban J connectivity index is 1.42. The maximum atomic E-state index is 15.3. The van der Waals surface area contributed by atoms with Crippen LogP contribution < -0.4 is 14.9 Å². The minimum Gasteiger partial charge on any atom is -0.508 e. The summed E-state index contributed by atoms with van der Waals surface area (Å²) in [6.07, 6.45) is 1.98. The van der Waals surface area contributed by atoms with E-state index < -0.39 is 58.7 Å². The van der Waals surface area contributed by atoms with E-state index in [-0.39, 0.29) is 54.6 Å². The first kappa shape index (κ1) is 35.3. The average Bonchev–Trinajstić information content (AvgIpc) is 3.49. The van der Waals surface area contributed by atoms with Crippen molar-refractivity contribution in [3.8, 4) is 17.2 Å². The second-order valence-corrected chi connectivity index (χ2v) is 14.3. The van der Waals surface area contributed by atoms with Gasteiger partial charge in [0.2, 0.25) is 11.8 Å². The Morgan fingerprint density at radius 3 is 2.29 bits per heavy atom. The van der Waals surface area contributed by atoms with E-state index in [1.807, 2.05) is 6.08 Å². The molecule has 14 heteroatoms. The van der Waals surface area contributed by atoms with Gasteiger partial charge in [0.1, 0.15) is 17.2 Å². The van der Waals surface area contributed by atoms with Crippen LogP contribution in [0.3, 0.4) is 0 Å². The smallest absolute Gasteiger partial charge is 0.303 e. The number of imide groups is 2. The first-order valence-electron chi connectivity index (χ1n) is 16.8. The molecule has 2 aliphatic carbocycles. The van der Waals surface area contributed by atoms with E-state index in [9.17, 15) is 29.4 Å². The number of phenolic OH excluding ortho intramolecular Hbond substituents is 1. The number of methoxy groups -OCH3 is 2. The number of phenols is 1. The lowest BCUT2D eigenvalue weighted by Gasteiger charge is -2.50. The maximum Gasteiger partial charge on any atom is 0.303 e. The highest BCUT2D eigenvalue weighted by molar-refractivity contribution is 6.36. The topological polar surface area (TPSA) is 163 Å². The van der Waals surface area contributed by atoms with Gasteiger partial charge in [-0.15, -0.1) is 0 Å². The van der Waals surface area contributed by atoms with E-state index in [0.717, 1.165) is 9.91 Å². The first-order chi connectivity index (χ1) is 24.9. The van der Waals surface area contributed by atoms with Crippen LogP contribution in [0.4, 0.5) is 5.69 Å². The molecule has 0 aromatic heterocycles. The summed E-state index contributed by atoms with van der Waals surface area (Å²) < 4.78 is 10.8. The lowest BCUT2D eigenvalue weighted by molar-refractivity contribution is -0.142. The van der Waals surface area contributed by atoms with Gasteiger partial charge in [-0.25, -0.2) is 0 Å². The predicted octanol–water partition coefficient (Wildman–Crippen LogP) is 5.57. The zero-order chi connectivity index (χ0) is 37.1. The third-order valence-electron chi connectivity index (χ3n) is 11.0. The van der Waals surface area contributed by atoms with E-state index in [1.54, 1.807) is 48.5 Å². The molecule has 3 aromatic rings. The molecule has 3 fully saturated rings. The number of nitrogens with one attached hydrogen (secondary N) is 1. The van der Waals surface area contributed by atoms with E-state index in [4.69, 9.17) is 32.7 Å². The fraction of sp³-hybridized carbons (Fsp3) is 0.342. The van der Waals surface area contributed by atoms with Gasteiger partial charge < -0.3 is 19.7 Å². The number of nitrogens with zero attached hydrogens (tertiary/aromatic N) is 2. The number of carbonyl (C=O) groups is 5. The Morgan fingerprint density at radius 2 is 1.63 bits per heavy atom. The van der Waals surface area contributed by atoms with Crippen molar-refractivity contribution in [2.45, 2.75) is 37.0 Å². The molecule has 3 aromatic carbocycles. The highest BCUT2D eigenvalue weighted by Crippen LogP contribution is 2.65. The van der Waals surface area contributed by atoms with Crippen LogP contribution in [0.1, 0.15) is 42.7 Å². The summed E-state index contributed by atoms with van der Waals surface area (Å²) in [6, 6.07) is 16.2. The normalized spacial score (nSPS) is 26.5. The number of hydrogen-bond acceptors (Lipinski definition) is 9. The number of allylic oxidation sites excluding steroid dienone is 2. The number of carboxylic acid groups (broad SMARTS) is 1. The highest BCUT2D eigenvalue weighted by Gasteiger charge is 2.70. The summed E-state index contributed by atoms with van der Waals surface area (Å²) in [5.41, 5.74) is 3.00. The second-order valence-electron chi connectivity index (χ2n) is 13.5. The standard InChI is InChI=1S/C38H35Cl2N3O9/c1-51-21-8-5-19(6-9-21)38-27(35(48)43(37(38)50)41-29-14-7-20(39)16-28(29)40)18-26-23(33(38)24-11-10-22(52-2)17-30(24)44)12-13-25-32(26)36(49)42(34(25)47)15-3-4-31(45)46/h5-12,14,16-17,25-27,32-33,41,44H,3-4,13,15,18H2,1-2H3,(H,45,46)/t25-,26+,27-,32-,33+,38+/m0/s1. The summed E-state index contributed by atoms with van der Waals surface area (Å²) >= 11 is 12.6. The van der Waals surface area contributed by atoms with E-state index in [2.05, 4.69) is 5.43 Å². The van der Waals surface area contributed by atoms with Gasteiger partial charge in [-0.2, -0.15) is 5.01 Å². The molecule has 3 N–H and O–H groups in total. The van der Waals surface area contributed by atoms with E-state index in [1.165, 1.54) is 26.4 Å². The van der Waals surface area contributed by atoms with Crippen LogP contribution in [-0.2, 0) is 29.4 Å². The van der Waals surface area contributed by atoms with Crippen molar-refractivity contribution in [2.24, 2.45) is 23.7 Å². The first-order valence-corrected chi connectivity index (χ1v) is 17.6. The summed E-state index contributed by atoms with van der Waals surface area (Å²) in [7, 11) is 2.97. The number of likely N-dealkylation sites (tertiary alicyclic amines) is 1. The third-order valence-corrected chi connectivity index (χ3v) is 11.5. The SMILES string of the molecule is COc1ccc([C@@]23C(=O)N(Nc4ccc(Cl)cc4Cl)C(=O)[C@@H]2C[C@@H]2C(=CC[C@@H]4C(=O)N(CCCC(=O)O)C(=O)[C@@H]42)[C@@H]3c2ccc(OC)cc2O)cc1. The monoisotopic (exact) mass is 747 g/mol. The van der Waals surface area contributed by atoms with Gasteiger partial charge in [0, 0.05) is 35.5 Å². The van der Waals surface area contributed by atoms with Crippen LogP contribution >= 0.6 is 23.2 Å². The Hall–Kier alpha value is -5.07. The molecule has 4 aliphatic rings. The number of ether oxygens (including phenoxy) is 2. The predicted molar refractivity (Wildman–Crippen MR) is 189 cm³/mol. The quantitative estimate of drug-likeness (QED) is 0.177. The third kappa shape index (κ3) is 5.47. The molecular formula is C38H35Cl2N3O9. The van der Waals surface area contributed by atoms with Crippen LogP contribution in [0.5, 0.6) is 17.2 Å². The molecule has 4 amide bonds. The molecule has 270 valence electrons. The number of hydrazine groups is 1. The van der Waals surface area contributed by atoms with Crippen molar-refractivity contribution in [1.29, 1.82) is 0 Å². The van der Waals surface area contributed by atoms with Crippen LogP contribution in [0.2, 0.25) is 10.0 Å². The number of rotatable bonds is 10. The van der Waals surface area contributed by atoms with Gasteiger partial charge in [-0.05, 0) is 67.1 Å². The number of anilines is 1. The zero-order valence-electron chi connectivity index (χ0n) is 28.2. The Morgan fingerprint density at radius 1 is 0.923 bits per heavy atom. The van der Waals surface area contributed by atoms with Gasteiger partial charge in [0.25, 0.3) is 11.8 Å². The van der Waals surface area contributed by atoms with Crippen molar-refractivity contribution in [3.05, 3.63) is 93.5 Å². The van der Waals surface area contributed by atoms with Crippen molar-refractivity contribution in [3.63, 3.8) is 0 Å². The number of carboxylic acids is 1. The maximum absolute atomic E-state index is 15.3. The summed E-state index contributed by atoms with van der Waals surface area (Å²) in [6.45, 7) is -0.0438. The lowest BCUT2D eigenvalue weighted by atomic mass is 9.49. The molecule has 2 aliphatic heterocycles. The molecule has 0 spiro atoms. The summed E-state index contributed by atoms with van der Waals surface area (Å²) in [5, 5.41) is 22.3. The van der Waals surface area contributed by atoms with Gasteiger partial charge in [-0.1, -0.05) is 53.1 Å². The second kappa shape index (κ2) is 13.5. The van der Waals surface area contributed by atoms with Crippen LogP contribution in [0.15, 0.2) is 72.3 Å². The molecule has 0 radical (unpaired) electrons. The summed E-state index contributed by atoms with van der Waals surface area (Å²) in [5.74, 6) is -6.66. The molecule has 1 saturated carbocycles. The van der Waals surface area contributed by atoms with Crippen molar-refractivity contribution >= 4 is 58.5 Å². The molecule has 52 heavy (non-hydrogen) atoms. The van der Waals surface area contributed by atoms with E-state index >= 15 is 4.79 Å². The number of fused-ring (bicyclic) bond motifs is 4. The molecule has 6 atom stereocenters. The van der Waals surface area contributed by atoms with Crippen LogP contribution in [-0.4, -0.2) is 70.5 Å². The van der Waals surface area contributed by atoms with E-state index in [0.29, 0.717) is 33.2 Å². The van der Waals surface area contributed by atoms with Gasteiger partial charge in [-0.3, -0.25) is 34.3 Å². The Kier molecular flexibility index (Phi) is 9.16. The average molecular weight is 749 g/mol. The summed E-state index contributed by atoms with van der Waals surface area (Å²) in [4.78, 5) is 70.3.